The standard InChI is InChI=1S/C13H18BrNO2/c1-16-12-7-9(6-10-4-3-5-15-10)11(14)8-13(12)17-2/h7-8,10,15H,3-6H2,1-2H3. The first-order chi connectivity index (χ1) is 8.24. The molecule has 1 aliphatic heterocycles. The molecule has 0 saturated carbocycles. The van der Waals surface area contributed by atoms with Gasteiger partial charge in [0, 0.05) is 10.5 Å². The monoisotopic (exact) mass is 299 g/mol. The lowest BCUT2D eigenvalue weighted by Gasteiger charge is -2.15. The minimum atomic E-state index is 0.587. The van der Waals surface area contributed by atoms with E-state index in [1.165, 1.54) is 18.4 Å². The van der Waals surface area contributed by atoms with E-state index in [9.17, 15) is 0 Å². The number of rotatable bonds is 4. The molecule has 0 spiro atoms. The highest BCUT2D eigenvalue weighted by Gasteiger charge is 2.17. The molecule has 1 atom stereocenters. The number of methoxy groups -OCH3 is 2. The van der Waals surface area contributed by atoms with Crippen molar-refractivity contribution >= 4 is 15.9 Å². The summed E-state index contributed by atoms with van der Waals surface area (Å²) in [7, 11) is 3.33. The van der Waals surface area contributed by atoms with Gasteiger partial charge in [-0.05, 0) is 43.5 Å². The van der Waals surface area contributed by atoms with E-state index in [0.717, 1.165) is 28.9 Å². The predicted molar refractivity (Wildman–Crippen MR) is 72.0 cm³/mol. The lowest BCUT2D eigenvalue weighted by Crippen LogP contribution is -2.23. The van der Waals surface area contributed by atoms with Crippen molar-refractivity contribution in [2.75, 3.05) is 20.8 Å². The molecular weight excluding hydrogens is 282 g/mol. The highest BCUT2D eigenvalue weighted by molar-refractivity contribution is 9.10. The molecule has 1 aliphatic rings. The fourth-order valence-corrected chi connectivity index (χ4v) is 2.73. The molecule has 1 heterocycles. The molecule has 2 rings (SSSR count). The molecule has 1 unspecified atom stereocenters. The number of hydrogen-bond donors (Lipinski definition) is 1. The smallest absolute Gasteiger partial charge is 0.161 e. The molecule has 1 aromatic rings. The number of benzene rings is 1. The Kier molecular flexibility index (Phi) is 4.29. The number of ether oxygens (including phenoxy) is 2. The zero-order valence-corrected chi connectivity index (χ0v) is 11.8. The van der Waals surface area contributed by atoms with Gasteiger partial charge in [-0.25, -0.2) is 0 Å². The molecule has 17 heavy (non-hydrogen) atoms. The molecule has 0 aliphatic carbocycles. The lowest BCUT2D eigenvalue weighted by atomic mass is 10.0. The van der Waals surface area contributed by atoms with Gasteiger partial charge >= 0.3 is 0 Å². The molecule has 3 nitrogen and oxygen atoms in total. The quantitative estimate of drug-likeness (QED) is 0.927. The molecule has 1 aromatic carbocycles. The van der Waals surface area contributed by atoms with E-state index in [0.29, 0.717) is 6.04 Å². The summed E-state index contributed by atoms with van der Waals surface area (Å²) >= 11 is 3.60. The van der Waals surface area contributed by atoms with E-state index in [4.69, 9.17) is 9.47 Å². The van der Waals surface area contributed by atoms with Crippen molar-refractivity contribution in [1.29, 1.82) is 0 Å². The Bertz CT molecular complexity index is 389. The van der Waals surface area contributed by atoms with Crippen molar-refractivity contribution in [1.82, 2.24) is 5.32 Å². The minimum Gasteiger partial charge on any atom is -0.493 e. The van der Waals surface area contributed by atoms with Gasteiger partial charge in [0.05, 0.1) is 14.2 Å². The number of nitrogens with one attached hydrogen (secondary N) is 1. The Labute approximate surface area is 111 Å². The van der Waals surface area contributed by atoms with Gasteiger partial charge in [0.2, 0.25) is 0 Å². The molecule has 1 N–H and O–H groups in total. The fourth-order valence-electron chi connectivity index (χ4n) is 2.25. The minimum absolute atomic E-state index is 0.587. The molecule has 0 aromatic heterocycles. The zero-order valence-electron chi connectivity index (χ0n) is 10.3. The highest BCUT2D eigenvalue weighted by atomic mass is 79.9. The Morgan fingerprint density at radius 2 is 2.00 bits per heavy atom. The zero-order chi connectivity index (χ0) is 12.3. The van der Waals surface area contributed by atoms with E-state index in [1.807, 2.05) is 6.07 Å². The van der Waals surface area contributed by atoms with Crippen molar-refractivity contribution in [3.8, 4) is 11.5 Å². The fraction of sp³-hybridized carbons (Fsp3) is 0.538. The molecular formula is C13H18BrNO2. The first kappa shape index (κ1) is 12.7. The molecule has 1 saturated heterocycles. The molecule has 0 amide bonds. The summed E-state index contributed by atoms with van der Waals surface area (Å²) in [6, 6.07) is 4.62. The average molecular weight is 300 g/mol. The number of halogens is 1. The van der Waals surface area contributed by atoms with Gasteiger partial charge in [-0.2, -0.15) is 0 Å². The molecule has 1 fully saturated rings. The maximum atomic E-state index is 5.33. The van der Waals surface area contributed by atoms with Crippen LogP contribution in [0.4, 0.5) is 0 Å². The highest BCUT2D eigenvalue weighted by Crippen LogP contribution is 2.34. The number of hydrogen-bond acceptors (Lipinski definition) is 3. The first-order valence-corrected chi connectivity index (χ1v) is 6.67. The Morgan fingerprint density at radius 1 is 1.29 bits per heavy atom. The summed E-state index contributed by atoms with van der Waals surface area (Å²) in [5.41, 5.74) is 1.27. The maximum Gasteiger partial charge on any atom is 0.161 e. The van der Waals surface area contributed by atoms with Crippen LogP contribution in [0.3, 0.4) is 0 Å². The maximum absolute atomic E-state index is 5.33. The Balaban J connectivity index is 2.20. The second-order valence-electron chi connectivity index (χ2n) is 4.30. The predicted octanol–water partition coefficient (Wildman–Crippen LogP) is 2.76. The summed E-state index contributed by atoms with van der Waals surface area (Å²) in [6.45, 7) is 1.13. The first-order valence-electron chi connectivity index (χ1n) is 5.88. The Hall–Kier alpha value is -0.740. The summed E-state index contributed by atoms with van der Waals surface area (Å²) in [4.78, 5) is 0. The topological polar surface area (TPSA) is 30.5 Å². The van der Waals surface area contributed by atoms with Crippen LogP contribution in [0.2, 0.25) is 0 Å². The van der Waals surface area contributed by atoms with Crippen molar-refractivity contribution in [3.63, 3.8) is 0 Å². The second kappa shape index (κ2) is 5.74. The third-order valence-corrected chi connectivity index (χ3v) is 3.92. The van der Waals surface area contributed by atoms with Gasteiger partial charge in [-0.15, -0.1) is 0 Å². The van der Waals surface area contributed by atoms with Crippen LogP contribution in [-0.4, -0.2) is 26.8 Å². The summed E-state index contributed by atoms with van der Waals surface area (Å²) in [5.74, 6) is 1.56. The van der Waals surface area contributed by atoms with Gasteiger partial charge in [-0.3, -0.25) is 0 Å². The largest absolute Gasteiger partial charge is 0.493 e. The van der Waals surface area contributed by atoms with Gasteiger partial charge in [0.25, 0.3) is 0 Å². The molecule has 0 radical (unpaired) electrons. The van der Waals surface area contributed by atoms with Gasteiger partial charge in [-0.1, -0.05) is 15.9 Å². The van der Waals surface area contributed by atoms with Crippen molar-refractivity contribution in [2.45, 2.75) is 25.3 Å². The molecule has 4 heteroatoms. The van der Waals surface area contributed by atoms with Crippen LogP contribution < -0.4 is 14.8 Å². The summed E-state index contributed by atoms with van der Waals surface area (Å²) in [5, 5.41) is 3.51. The molecule has 94 valence electrons. The van der Waals surface area contributed by atoms with Crippen LogP contribution >= 0.6 is 15.9 Å². The van der Waals surface area contributed by atoms with Crippen molar-refractivity contribution < 1.29 is 9.47 Å². The van der Waals surface area contributed by atoms with Crippen LogP contribution in [0, 0.1) is 0 Å². The summed E-state index contributed by atoms with van der Waals surface area (Å²) in [6.07, 6.45) is 3.55. The van der Waals surface area contributed by atoms with E-state index in [1.54, 1.807) is 14.2 Å². The van der Waals surface area contributed by atoms with Crippen LogP contribution in [0.25, 0.3) is 0 Å². The van der Waals surface area contributed by atoms with Gasteiger partial charge in [0.15, 0.2) is 11.5 Å². The van der Waals surface area contributed by atoms with Crippen LogP contribution in [-0.2, 0) is 6.42 Å². The van der Waals surface area contributed by atoms with E-state index in [2.05, 4.69) is 27.3 Å². The van der Waals surface area contributed by atoms with Crippen LogP contribution in [0.5, 0.6) is 11.5 Å². The summed E-state index contributed by atoms with van der Waals surface area (Å²) < 4.78 is 11.7. The van der Waals surface area contributed by atoms with Crippen LogP contribution in [0.1, 0.15) is 18.4 Å². The van der Waals surface area contributed by atoms with Crippen molar-refractivity contribution in [3.05, 3.63) is 22.2 Å². The second-order valence-corrected chi connectivity index (χ2v) is 5.15. The van der Waals surface area contributed by atoms with Crippen molar-refractivity contribution in [2.24, 2.45) is 0 Å². The third-order valence-electron chi connectivity index (χ3n) is 3.18. The lowest BCUT2D eigenvalue weighted by molar-refractivity contribution is 0.354. The average Bonchev–Trinajstić information content (AvgIpc) is 2.84. The van der Waals surface area contributed by atoms with Gasteiger partial charge in [0.1, 0.15) is 0 Å². The third kappa shape index (κ3) is 2.93. The van der Waals surface area contributed by atoms with E-state index in [-0.39, 0.29) is 0 Å². The van der Waals surface area contributed by atoms with Crippen LogP contribution in [0.15, 0.2) is 16.6 Å². The van der Waals surface area contributed by atoms with E-state index < -0.39 is 0 Å². The molecule has 0 bridgehead atoms. The van der Waals surface area contributed by atoms with Gasteiger partial charge < -0.3 is 14.8 Å². The Morgan fingerprint density at radius 3 is 2.59 bits per heavy atom. The normalized spacial score (nSPS) is 19.4. The van der Waals surface area contributed by atoms with E-state index >= 15 is 0 Å². The SMILES string of the molecule is COc1cc(Br)c(CC2CCCN2)cc1OC.